The van der Waals surface area contributed by atoms with Crippen LogP contribution in [0.3, 0.4) is 0 Å². The predicted molar refractivity (Wildman–Crippen MR) is 78.7 cm³/mol. The number of hydrogen-bond acceptors (Lipinski definition) is 3. The minimum absolute atomic E-state index is 0.0647. The van der Waals surface area contributed by atoms with Crippen LogP contribution in [0.4, 0.5) is 0 Å². The number of aromatic carboxylic acids is 1. The van der Waals surface area contributed by atoms with E-state index in [0.717, 1.165) is 5.56 Å². The Morgan fingerprint density at radius 1 is 1.24 bits per heavy atom. The number of carboxylic acid groups (broad SMARTS) is 1. The minimum Gasteiger partial charge on any atom is -0.478 e. The molecule has 1 N–H and O–H groups in total. The first kappa shape index (κ1) is 14.6. The van der Waals surface area contributed by atoms with Gasteiger partial charge in [-0.15, -0.1) is 0 Å². The number of nitriles is 1. The first-order valence-corrected chi connectivity index (χ1v) is 6.56. The van der Waals surface area contributed by atoms with Crippen molar-refractivity contribution in [2.45, 2.75) is 19.8 Å². The first-order chi connectivity index (χ1) is 10.0. The van der Waals surface area contributed by atoms with Crippen molar-refractivity contribution in [1.82, 2.24) is 0 Å². The monoisotopic (exact) mass is 281 g/mol. The molecule has 21 heavy (non-hydrogen) atoms. The second-order valence-corrected chi connectivity index (χ2v) is 4.96. The summed E-state index contributed by atoms with van der Waals surface area (Å²) in [7, 11) is 0. The van der Waals surface area contributed by atoms with Gasteiger partial charge < -0.3 is 9.84 Å². The summed E-state index contributed by atoms with van der Waals surface area (Å²) in [6.45, 7) is 4.17. The van der Waals surface area contributed by atoms with Gasteiger partial charge in [-0.3, -0.25) is 0 Å². The molecule has 0 amide bonds. The number of benzene rings is 2. The Hall–Kier alpha value is -2.80. The lowest BCUT2D eigenvalue weighted by Crippen LogP contribution is -1.98. The standard InChI is InChI=1S/C17H15NO3/c1-11(2)12-4-3-5-15(9-12)21-16-7-6-13(17(19)20)8-14(16)10-18/h3-9,11H,1-2H3,(H,19,20). The van der Waals surface area contributed by atoms with Crippen molar-refractivity contribution < 1.29 is 14.6 Å². The molecule has 0 fully saturated rings. The summed E-state index contributed by atoms with van der Waals surface area (Å²) < 4.78 is 5.71. The topological polar surface area (TPSA) is 70.3 Å². The van der Waals surface area contributed by atoms with Crippen LogP contribution < -0.4 is 4.74 Å². The Morgan fingerprint density at radius 2 is 2.00 bits per heavy atom. The molecule has 0 saturated carbocycles. The molecule has 0 unspecified atom stereocenters. The van der Waals surface area contributed by atoms with Crippen LogP contribution in [0, 0.1) is 11.3 Å². The molecule has 0 radical (unpaired) electrons. The predicted octanol–water partition coefficient (Wildman–Crippen LogP) is 4.17. The van der Waals surface area contributed by atoms with Gasteiger partial charge in [0.1, 0.15) is 17.6 Å². The van der Waals surface area contributed by atoms with Crippen molar-refractivity contribution >= 4 is 5.97 Å². The fraction of sp³-hybridized carbons (Fsp3) is 0.176. The van der Waals surface area contributed by atoms with Crippen LogP contribution in [0.1, 0.15) is 41.3 Å². The first-order valence-electron chi connectivity index (χ1n) is 6.56. The van der Waals surface area contributed by atoms with Gasteiger partial charge in [-0.05, 0) is 41.8 Å². The van der Waals surface area contributed by atoms with Crippen LogP contribution in [0.25, 0.3) is 0 Å². The van der Waals surface area contributed by atoms with E-state index in [1.54, 1.807) is 6.07 Å². The van der Waals surface area contributed by atoms with E-state index in [1.165, 1.54) is 18.2 Å². The van der Waals surface area contributed by atoms with E-state index in [-0.39, 0.29) is 11.1 Å². The summed E-state index contributed by atoms with van der Waals surface area (Å²) in [5.41, 5.74) is 1.40. The van der Waals surface area contributed by atoms with Crippen molar-refractivity contribution in [1.29, 1.82) is 5.26 Å². The maximum absolute atomic E-state index is 10.9. The van der Waals surface area contributed by atoms with Crippen LogP contribution >= 0.6 is 0 Å². The number of rotatable bonds is 4. The van der Waals surface area contributed by atoms with Gasteiger partial charge in [0.05, 0.1) is 11.1 Å². The van der Waals surface area contributed by atoms with E-state index in [0.29, 0.717) is 17.4 Å². The highest BCUT2D eigenvalue weighted by Crippen LogP contribution is 2.28. The molecule has 4 heteroatoms. The van der Waals surface area contributed by atoms with E-state index < -0.39 is 5.97 Å². The van der Waals surface area contributed by atoms with E-state index in [1.807, 2.05) is 24.3 Å². The highest BCUT2D eigenvalue weighted by atomic mass is 16.5. The molecule has 0 saturated heterocycles. The SMILES string of the molecule is CC(C)c1cccc(Oc2ccc(C(=O)O)cc2C#N)c1. The summed E-state index contributed by atoms with van der Waals surface area (Å²) in [5, 5.41) is 18.1. The van der Waals surface area contributed by atoms with Gasteiger partial charge in [0.25, 0.3) is 0 Å². The van der Waals surface area contributed by atoms with Gasteiger partial charge >= 0.3 is 5.97 Å². The molecule has 0 atom stereocenters. The van der Waals surface area contributed by atoms with Crippen molar-refractivity contribution in [3.05, 3.63) is 59.2 Å². The van der Waals surface area contributed by atoms with Crippen LogP contribution in [0.15, 0.2) is 42.5 Å². The van der Waals surface area contributed by atoms with Gasteiger partial charge in [0, 0.05) is 0 Å². The van der Waals surface area contributed by atoms with Crippen molar-refractivity contribution in [3.8, 4) is 17.6 Å². The molecule has 0 aliphatic carbocycles. The number of hydrogen-bond donors (Lipinski definition) is 1. The van der Waals surface area contributed by atoms with Crippen molar-refractivity contribution in [2.75, 3.05) is 0 Å². The van der Waals surface area contributed by atoms with E-state index >= 15 is 0 Å². The Morgan fingerprint density at radius 3 is 2.62 bits per heavy atom. The highest BCUT2D eigenvalue weighted by Gasteiger charge is 2.10. The van der Waals surface area contributed by atoms with Gasteiger partial charge in [0.15, 0.2) is 0 Å². The lowest BCUT2D eigenvalue weighted by atomic mass is 10.0. The molecule has 2 aromatic rings. The van der Waals surface area contributed by atoms with Crippen molar-refractivity contribution in [2.24, 2.45) is 0 Å². The van der Waals surface area contributed by atoms with Crippen LogP contribution in [0.5, 0.6) is 11.5 Å². The molecule has 0 aliphatic rings. The van der Waals surface area contributed by atoms with Gasteiger partial charge in [-0.2, -0.15) is 5.26 Å². The zero-order chi connectivity index (χ0) is 15.4. The second-order valence-electron chi connectivity index (χ2n) is 4.96. The average molecular weight is 281 g/mol. The molecule has 0 aromatic heterocycles. The quantitative estimate of drug-likeness (QED) is 0.912. The summed E-state index contributed by atoms with van der Waals surface area (Å²) in [4.78, 5) is 10.9. The fourth-order valence-corrected chi connectivity index (χ4v) is 1.90. The normalized spacial score (nSPS) is 10.2. The van der Waals surface area contributed by atoms with Gasteiger partial charge in [-0.25, -0.2) is 4.79 Å². The van der Waals surface area contributed by atoms with Gasteiger partial charge in [-0.1, -0.05) is 26.0 Å². The molecule has 0 aliphatic heterocycles. The molecular weight excluding hydrogens is 266 g/mol. The minimum atomic E-state index is -1.07. The summed E-state index contributed by atoms with van der Waals surface area (Å²) >= 11 is 0. The molecule has 106 valence electrons. The van der Waals surface area contributed by atoms with E-state index in [9.17, 15) is 4.79 Å². The zero-order valence-electron chi connectivity index (χ0n) is 11.8. The molecular formula is C17H15NO3. The lowest BCUT2D eigenvalue weighted by molar-refractivity contribution is 0.0697. The van der Waals surface area contributed by atoms with Crippen LogP contribution in [-0.4, -0.2) is 11.1 Å². The highest BCUT2D eigenvalue weighted by molar-refractivity contribution is 5.88. The Bertz CT molecular complexity index is 714. The molecule has 0 spiro atoms. The molecule has 4 nitrogen and oxygen atoms in total. The maximum Gasteiger partial charge on any atom is 0.335 e. The third-order valence-corrected chi connectivity index (χ3v) is 3.10. The van der Waals surface area contributed by atoms with Crippen molar-refractivity contribution in [3.63, 3.8) is 0 Å². The third kappa shape index (κ3) is 3.40. The van der Waals surface area contributed by atoms with Gasteiger partial charge in [0.2, 0.25) is 0 Å². The second kappa shape index (κ2) is 6.10. The maximum atomic E-state index is 10.9. The van der Waals surface area contributed by atoms with Crippen LogP contribution in [0.2, 0.25) is 0 Å². The zero-order valence-corrected chi connectivity index (χ0v) is 11.8. The number of ether oxygens (including phenoxy) is 1. The smallest absolute Gasteiger partial charge is 0.335 e. The molecule has 0 bridgehead atoms. The molecule has 2 aromatic carbocycles. The average Bonchev–Trinajstić information content (AvgIpc) is 2.47. The van der Waals surface area contributed by atoms with E-state index in [2.05, 4.69) is 13.8 Å². The van der Waals surface area contributed by atoms with Crippen LogP contribution in [-0.2, 0) is 0 Å². The van der Waals surface area contributed by atoms with E-state index in [4.69, 9.17) is 15.1 Å². The number of carbonyl (C=O) groups is 1. The Kier molecular flexibility index (Phi) is 4.24. The molecule has 2 rings (SSSR count). The third-order valence-electron chi connectivity index (χ3n) is 3.10. The summed E-state index contributed by atoms with van der Waals surface area (Å²) in [6, 6.07) is 13.8. The Labute approximate surface area is 123 Å². The largest absolute Gasteiger partial charge is 0.478 e. The summed E-state index contributed by atoms with van der Waals surface area (Å²) in [5.74, 6) is 0.280. The lowest BCUT2D eigenvalue weighted by Gasteiger charge is -2.11. The summed E-state index contributed by atoms with van der Waals surface area (Å²) in [6.07, 6.45) is 0. The Balaban J connectivity index is 2.33. The fourth-order valence-electron chi connectivity index (χ4n) is 1.90. The molecule has 0 heterocycles. The number of carboxylic acids is 1. The number of nitrogens with zero attached hydrogens (tertiary/aromatic N) is 1.